The zero-order valence-corrected chi connectivity index (χ0v) is 15.8. The number of nitrogens with zero attached hydrogens (tertiary/aromatic N) is 4. The smallest absolute Gasteiger partial charge is 0.315 e. The highest BCUT2D eigenvalue weighted by Crippen LogP contribution is 2.28. The minimum absolute atomic E-state index is 0.000799. The molecule has 2 aromatic heterocycles. The van der Waals surface area contributed by atoms with Crippen molar-refractivity contribution >= 4 is 6.03 Å². The zero-order chi connectivity index (χ0) is 18.8. The first kappa shape index (κ1) is 18.3. The maximum Gasteiger partial charge on any atom is 0.315 e. The molecule has 0 aromatic carbocycles. The van der Waals surface area contributed by atoms with Crippen LogP contribution in [-0.2, 0) is 6.54 Å². The van der Waals surface area contributed by atoms with Crippen LogP contribution >= 0.6 is 0 Å². The summed E-state index contributed by atoms with van der Waals surface area (Å²) in [6.07, 6.45) is 6.59. The van der Waals surface area contributed by atoms with E-state index in [1.807, 2.05) is 12.1 Å². The van der Waals surface area contributed by atoms with Crippen LogP contribution in [0.1, 0.15) is 46.1 Å². The van der Waals surface area contributed by atoms with Crippen LogP contribution in [0.4, 0.5) is 4.79 Å². The number of aromatic nitrogens is 4. The van der Waals surface area contributed by atoms with Crippen LogP contribution in [-0.4, -0.2) is 42.9 Å². The van der Waals surface area contributed by atoms with E-state index in [4.69, 9.17) is 0 Å². The molecule has 0 unspecified atom stereocenters. The highest BCUT2D eigenvalue weighted by molar-refractivity contribution is 5.74. The number of rotatable bonds is 4. The van der Waals surface area contributed by atoms with E-state index in [0.717, 1.165) is 18.4 Å². The standard InChI is InChI=1S/C18H27N7O/c1-17(2)7-14(8-18(3,4)24-17)23-16(26)21-10-13-5-6-15(20-9-13)25-12-19-11-22-25/h5-6,9,11-12,14,24H,7-8,10H2,1-4H3,(H2,21,23,26). The molecule has 0 spiro atoms. The van der Waals surface area contributed by atoms with E-state index >= 15 is 0 Å². The van der Waals surface area contributed by atoms with Crippen molar-refractivity contribution in [2.24, 2.45) is 0 Å². The van der Waals surface area contributed by atoms with Gasteiger partial charge < -0.3 is 16.0 Å². The Morgan fingerprint density at radius 1 is 1.27 bits per heavy atom. The lowest BCUT2D eigenvalue weighted by molar-refractivity contribution is 0.147. The van der Waals surface area contributed by atoms with Gasteiger partial charge in [0.2, 0.25) is 0 Å². The number of hydrogen-bond donors (Lipinski definition) is 3. The Labute approximate surface area is 153 Å². The Bertz CT molecular complexity index is 721. The second-order valence-corrected chi connectivity index (χ2v) is 8.19. The molecule has 1 fully saturated rings. The third kappa shape index (κ3) is 4.78. The number of nitrogens with one attached hydrogen (secondary N) is 3. The van der Waals surface area contributed by atoms with Crippen molar-refractivity contribution in [1.82, 2.24) is 35.7 Å². The van der Waals surface area contributed by atoms with E-state index in [-0.39, 0.29) is 23.2 Å². The first-order valence-corrected chi connectivity index (χ1v) is 8.86. The van der Waals surface area contributed by atoms with Crippen LogP contribution < -0.4 is 16.0 Å². The normalized spacial score (nSPS) is 19.1. The lowest BCUT2D eigenvalue weighted by atomic mass is 9.80. The summed E-state index contributed by atoms with van der Waals surface area (Å²) in [5, 5.41) is 13.7. The average molecular weight is 357 g/mol. The molecule has 0 radical (unpaired) electrons. The lowest BCUT2D eigenvalue weighted by Crippen LogP contribution is -2.62. The van der Waals surface area contributed by atoms with Gasteiger partial charge in [0, 0.05) is 29.9 Å². The fourth-order valence-electron chi connectivity index (χ4n) is 3.83. The molecule has 0 aliphatic carbocycles. The highest BCUT2D eigenvalue weighted by Gasteiger charge is 2.38. The molecule has 8 nitrogen and oxygen atoms in total. The summed E-state index contributed by atoms with van der Waals surface area (Å²) < 4.78 is 1.59. The molecule has 1 saturated heterocycles. The molecule has 0 atom stereocenters. The SMILES string of the molecule is CC1(C)CC(NC(=O)NCc2ccc(-n3cncn3)nc2)CC(C)(C)N1. The summed E-state index contributed by atoms with van der Waals surface area (Å²) >= 11 is 0. The number of carbonyl (C=O) groups excluding carboxylic acids is 1. The van der Waals surface area contributed by atoms with Crippen LogP contribution in [0.5, 0.6) is 0 Å². The molecule has 3 heterocycles. The predicted molar refractivity (Wildman–Crippen MR) is 98.8 cm³/mol. The minimum atomic E-state index is -0.149. The van der Waals surface area contributed by atoms with Gasteiger partial charge in [-0.2, -0.15) is 5.10 Å². The summed E-state index contributed by atoms with van der Waals surface area (Å²) in [4.78, 5) is 20.5. The zero-order valence-electron chi connectivity index (χ0n) is 15.8. The second-order valence-electron chi connectivity index (χ2n) is 8.19. The molecule has 26 heavy (non-hydrogen) atoms. The van der Waals surface area contributed by atoms with Crippen molar-refractivity contribution in [3.8, 4) is 5.82 Å². The maximum atomic E-state index is 12.3. The van der Waals surface area contributed by atoms with Crippen LogP contribution in [0.3, 0.4) is 0 Å². The molecule has 0 saturated carbocycles. The minimum Gasteiger partial charge on any atom is -0.335 e. The van der Waals surface area contributed by atoms with E-state index in [9.17, 15) is 4.79 Å². The molecule has 0 bridgehead atoms. The monoisotopic (exact) mass is 357 g/mol. The van der Waals surface area contributed by atoms with E-state index in [0.29, 0.717) is 12.4 Å². The predicted octanol–water partition coefficient (Wildman–Crippen LogP) is 1.77. The third-order valence-corrected chi connectivity index (χ3v) is 4.44. The van der Waals surface area contributed by atoms with Gasteiger partial charge in [-0.1, -0.05) is 6.07 Å². The fourth-order valence-corrected chi connectivity index (χ4v) is 3.83. The first-order chi connectivity index (χ1) is 12.2. The molecule has 2 aromatic rings. The number of amides is 2. The summed E-state index contributed by atoms with van der Waals surface area (Å²) in [7, 11) is 0. The van der Waals surface area contributed by atoms with Crippen LogP contribution in [0.25, 0.3) is 5.82 Å². The van der Waals surface area contributed by atoms with Crippen molar-refractivity contribution in [1.29, 1.82) is 0 Å². The Hall–Kier alpha value is -2.48. The topological polar surface area (TPSA) is 96.8 Å². The molecule has 3 N–H and O–H groups in total. The average Bonchev–Trinajstić information content (AvgIpc) is 3.04. The van der Waals surface area contributed by atoms with Gasteiger partial charge in [0.15, 0.2) is 5.82 Å². The Kier molecular flexibility index (Phi) is 4.95. The van der Waals surface area contributed by atoms with Gasteiger partial charge in [0.05, 0.1) is 0 Å². The molecule has 2 amide bonds. The van der Waals surface area contributed by atoms with Crippen LogP contribution in [0.15, 0.2) is 31.0 Å². The second kappa shape index (κ2) is 7.03. The van der Waals surface area contributed by atoms with Gasteiger partial charge in [-0.3, -0.25) is 0 Å². The summed E-state index contributed by atoms with van der Waals surface area (Å²) in [5.74, 6) is 0.690. The van der Waals surface area contributed by atoms with Gasteiger partial charge in [0.25, 0.3) is 0 Å². The quantitative estimate of drug-likeness (QED) is 0.775. The van der Waals surface area contributed by atoms with Crippen LogP contribution in [0.2, 0.25) is 0 Å². The van der Waals surface area contributed by atoms with Gasteiger partial charge >= 0.3 is 6.03 Å². The fraction of sp³-hybridized carbons (Fsp3) is 0.556. The molecular weight excluding hydrogens is 330 g/mol. The van der Waals surface area contributed by atoms with Gasteiger partial charge in [0.1, 0.15) is 12.7 Å². The molecule has 3 rings (SSSR count). The molecule has 8 heteroatoms. The van der Waals surface area contributed by atoms with E-state index in [1.165, 1.54) is 6.33 Å². The molecular formula is C18H27N7O. The molecule has 1 aliphatic rings. The maximum absolute atomic E-state index is 12.3. The molecule has 1 aliphatic heterocycles. The molecule has 140 valence electrons. The number of hydrogen-bond acceptors (Lipinski definition) is 5. The Morgan fingerprint density at radius 3 is 2.58 bits per heavy atom. The van der Waals surface area contributed by atoms with Crippen LogP contribution in [0, 0.1) is 0 Å². The van der Waals surface area contributed by atoms with Gasteiger partial charge in [-0.25, -0.2) is 19.4 Å². The van der Waals surface area contributed by atoms with Crippen molar-refractivity contribution < 1.29 is 4.79 Å². The van der Waals surface area contributed by atoms with Gasteiger partial charge in [-0.15, -0.1) is 0 Å². The highest BCUT2D eigenvalue weighted by atomic mass is 16.2. The number of piperidine rings is 1. The van der Waals surface area contributed by atoms with Crippen molar-refractivity contribution in [3.63, 3.8) is 0 Å². The number of pyridine rings is 1. The van der Waals surface area contributed by atoms with E-state index < -0.39 is 0 Å². The first-order valence-electron chi connectivity index (χ1n) is 8.86. The summed E-state index contributed by atoms with van der Waals surface area (Å²) in [6.45, 7) is 9.10. The van der Waals surface area contributed by atoms with Crippen molar-refractivity contribution in [2.75, 3.05) is 0 Å². The lowest BCUT2D eigenvalue weighted by Gasteiger charge is -2.46. The number of urea groups is 1. The van der Waals surface area contributed by atoms with E-state index in [1.54, 1.807) is 17.2 Å². The largest absolute Gasteiger partial charge is 0.335 e. The van der Waals surface area contributed by atoms with Gasteiger partial charge in [-0.05, 0) is 52.2 Å². The Balaban J connectivity index is 1.51. The van der Waals surface area contributed by atoms with E-state index in [2.05, 4.69) is 58.7 Å². The Morgan fingerprint density at radius 2 is 2.00 bits per heavy atom. The number of carbonyl (C=O) groups is 1. The third-order valence-electron chi connectivity index (χ3n) is 4.44. The van der Waals surface area contributed by atoms with Crippen molar-refractivity contribution in [2.45, 2.75) is 64.2 Å². The summed E-state index contributed by atoms with van der Waals surface area (Å²) in [6, 6.07) is 3.76. The van der Waals surface area contributed by atoms with Crippen molar-refractivity contribution in [3.05, 3.63) is 36.5 Å². The summed E-state index contributed by atoms with van der Waals surface area (Å²) in [5.41, 5.74) is 0.928.